The van der Waals surface area contributed by atoms with Gasteiger partial charge >= 0.3 is 6.18 Å². The van der Waals surface area contributed by atoms with E-state index in [1.807, 2.05) is 0 Å². The second kappa shape index (κ2) is 7.46. The van der Waals surface area contributed by atoms with E-state index in [-0.39, 0.29) is 16.3 Å². The number of carbonyl (C=O) groups excluding carboxylic acids is 1. The number of pyridine rings is 1. The summed E-state index contributed by atoms with van der Waals surface area (Å²) in [6, 6.07) is 5.83. The van der Waals surface area contributed by atoms with Crippen LogP contribution >= 0.6 is 11.6 Å². The summed E-state index contributed by atoms with van der Waals surface area (Å²) in [6.07, 6.45) is -0.215. The number of hydrogen-bond donors (Lipinski definition) is 1. The first kappa shape index (κ1) is 19.9. The average Bonchev–Trinajstić information content (AvgIpc) is 2.52. The number of alkyl halides is 3. The zero-order chi connectivity index (χ0) is 19.5. The van der Waals surface area contributed by atoms with Crippen LogP contribution in [0.1, 0.15) is 11.1 Å². The smallest absolute Gasteiger partial charge is 0.321 e. The minimum atomic E-state index is -4.60. The molecule has 2 rings (SSSR count). The summed E-state index contributed by atoms with van der Waals surface area (Å²) in [4.78, 5) is 15.5. The number of benzene rings is 1. The van der Waals surface area contributed by atoms with Crippen molar-refractivity contribution in [2.45, 2.75) is 11.2 Å². The van der Waals surface area contributed by atoms with E-state index in [2.05, 4.69) is 10.3 Å². The number of halogens is 4. The zero-order valence-electron chi connectivity index (χ0n) is 13.2. The van der Waals surface area contributed by atoms with Crippen molar-refractivity contribution in [3.05, 3.63) is 58.8 Å². The highest BCUT2D eigenvalue weighted by Crippen LogP contribution is 2.35. The van der Waals surface area contributed by atoms with E-state index in [1.165, 1.54) is 24.3 Å². The van der Waals surface area contributed by atoms with Crippen LogP contribution in [-0.4, -0.2) is 25.6 Å². The Hall–Kier alpha value is -2.39. The predicted molar refractivity (Wildman–Crippen MR) is 91.5 cm³/mol. The number of amides is 1. The Morgan fingerprint density at radius 1 is 1.23 bits per heavy atom. The Labute approximate surface area is 152 Å². The Morgan fingerprint density at radius 3 is 2.46 bits per heavy atom. The lowest BCUT2D eigenvalue weighted by atomic mass is 10.1. The molecule has 1 heterocycles. The monoisotopic (exact) mass is 404 g/mol. The number of nitrogens with zero attached hydrogens (tertiary/aromatic N) is 1. The summed E-state index contributed by atoms with van der Waals surface area (Å²) in [7, 11) is -3.45. The lowest BCUT2D eigenvalue weighted by Gasteiger charge is -2.09. The van der Waals surface area contributed by atoms with Crippen LogP contribution in [0.15, 0.2) is 47.6 Å². The molecule has 0 spiro atoms. The van der Waals surface area contributed by atoms with Crippen molar-refractivity contribution in [2.75, 3.05) is 11.6 Å². The summed E-state index contributed by atoms with van der Waals surface area (Å²) in [5, 5.41) is 1.84. The number of aromatic nitrogens is 1. The largest absolute Gasteiger partial charge is 0.417 e. The van der Waals surface area contributed by atoms with E-state index < -0.39 is 32.5 Å². The lowest BCUT2D eigenvalue weighted by molar-refractivity contribution is -0.137. The van der Waals surface area contributed by atoms with Gasteiger partial charge in [-0.05, 0) is 35.9 Å². The van der Waals surface area contributed by atoms with Crippen molar-refractivity contribution in [3.63, 3.8) is 0 Å². The van der Waals surface area contributed by atoms with Crippen LogP contribution in [0.4, 0.5) is 18.9 Å². The molecular formula is C16H12ClF3N2O3S. The van der Waals surface area contributed by atoms with Gasteiger partial charge in [-0.2, -0.15) is 13.2 Å². The molecule has 138 valence electrons. The summed E-state index contributed by atoms with van der Waals surface area (Å²) < 4.78 is 61.0. The van der Waals surface area contributed by atoms with E-state index in [1.54, 1.807) is 0 Å². The number of nitrogens with one attached hydrogen (secondary N) is 1. The number of rotatable bonds is 4. The molecule has 1 N–H and O–H groups in total. The predicted octanol–water partition coefficient (Wildman–Crippen LogP) is 3.81. The third kappa shape index (κ3) is 5.30. The fraction of sp³-hybridized carbons (Fsp3) is 0.125. The molecular weight excluding hydrogens is 393 g/mol. The van der Waals surface area contributed by atoms with Crippen LogP contribution in [0.25, 0.3) is 6.08 Å². The highest BCUT2D eigenvalue weighted by atomic mass is 35.5. The second-order valence-corrected chi connectivity index (χ2v) is 7.59. The molecule has 0 radical (unpaired) electrons. The van der Waals surface area contributed by atoms with Crippen LogP contribution < -0.4 is 5.32 Å². The number of anilines is 1. The number of carbonyl (C=O) groups is 1. The molecule has 1 aromatic carbocycles. The quantitative estimate of drug-likeness (QED) is 0.786. The van der Waals surface area contributed by atoms with Gasteiger partial charge in [-0.25, -0.2) is 13.4 Å². The third-order valence-electron chi connectivity index (χ3n) is 3.11. The molecule has 0 saturated heterocycles. The normalized spacial score (nSPS) is 12.3. The highest BCUT2D eigenvalue weighted by Gasteiger charge is 2.33. The molecule has 0 aliphatic heterocycles. The fourth-order valence-electron chi connectivity index (χ4n) is 1.89. The van der Waals surface area contributed by atoms with Crippen molar-refractivity contribution >= 4 is 39.1 Å². The minimum absolute atomic E-state index is 0.141. The van der Waals surface area contributed by atoms with E-state index in [0.29, 0.717) is 0 Å². The molecule has 2 aromatic rings. The van der Waals surface area contributed by atoms with Crippen LogP contribution in [0, 0.1) is 0 Å². The van der Waals surface area contributed by atoms with Gasteiger partial charge in [0.25, 0.3) is 0 Å². The first-order valence-corrected chi connectivity index (χ1v) is 9.26. The molecule has 0 aliphatic rings. The maximum absolute atomic E-state index is 12.8. The van der Waals surface area contributed by atoms with Gasteiger partial charge in [0.2, 0.25) is 5.91 Å². The van der Waals surface area contributed by atoms with Gasteiger partial charge < -0.3 is 5.32 Å². The molecule has 0 unspecified atom stereocenters. The molecule has 0 bridgehead atoms. The highest BCUT2D eigenvalue weighted by molar-refractivity contribution is 7.90. The van der Waals surface area contributed by atoms with Crippen LogP contribution in [0.2, 0.25) is 5.02 Å². The van der Waals surface area contributed by atoms with E-state index in [9.17, 15) is 26.4 Å². The van der Waals surface area contributed by atoms with Crippen molar-refractivity contribution in [3.8, 4) is 0 Å². The van der Waals surface area contributed by atoms with Crippen LogP contribution in [-0.2, 0) is 20.8 Å². The minimum Gasteiger partial charge on any atom is -0.321 e. The Balaban J connectivity index is 2.10. The van der Waals surface area contributed by atoms with E-state index in [0.717, 1.165) is 30.7 Å². The van der Waals surface area contributed by atoms with Gasteiger partial charge in [0.15, 0.2) is 14.9 Å². The standard InChI is InChI=1S/C16H12ClF3N2O3S/c1-26(24,25)15-7-4-11(9-21-15)22-14(23)6-3-10-2-5-13(17)12(8-10)16(18,19)20/h2-9H,1H3,(H,22,23). The van der Waals surface area contributed by atoms with Gasteiger partial charge in [0.1, 0.15) is 0 Å². The van der Waals surface area contributed by atoms with Gasteiger partial charge in [-0.1, -0.05) is 17.7 Å². The maximum atomic E-state index is 12.8. The van der Waals surface area contributed by atoms with Crippen molar-refractivity contribution < 1.29 is 26.4 Å². The first-order chi connectivity index (χ1) is 12.0. The maximum Gasteiger partial charge on any atom is 0.417 e. The summed E-state index contributed by atoms with van der Waals surface area (Å²) in [6.45, 7) is 0. The summed E-state index contributed by atoms with van der Waals surface area (Å²) in [5.74, 6) is -0.623. The van der Waals surface area contributed by atoms with Gasteiger partial charge in [0, 0.05) is 12.3 Å². The lowest BCUT2D eigenvalue weighted by Crippen LogP contribution is -2.09. The van der Waals surface area contributed by atoms with Crippen molar-refractivity contribution in [1.29, 1.82) is 0 Å². The van der Waals surface area contributed by atoms with Crippen LogP contribution in [0.3, 0.4) is 0 Å². The number of hydrogen-bond acceptors (Lipinski definition) is 4. The van der Waals surface area contributed by atoms with E-state index >= 15 is 0 Å². The topological polar surface area (TPSA) is 76.1 Å². The Bertz CT molecular complexity index is 956. The molecule has 0 aliphatic carbocycles. The molecule has 26 heavy (non-hydrogen) atoms. The molecule has 10 heteroatoms. The molecule has 0 saturated carbocycles. The first-order valence-electron chi connectivity index (χ1n) is 6.99. The summed E-state index contributed by atoms with van der Waals surface area (Å²) >= 11 is 5.52. The molecule has 1 aromatic heterocycles. The second-order valence-electron chi connectivity index (χ2n) is 5.22. The van der Waals surface area contributed by atoms with Gasteiger partial charge in [-0.3, -0.25) is 4.79 Å². The van der Waals surface area contributed by atoms with Crippen molar-refractivity contribution in [2.24, 2.45) is 0 Å². The molecule has 0 fully saturated rings. The molecule has 0 atom stereocenters. The number of sulfone groups is 1. The zero-order valence-corrected chi connectivity index (χ0v) is 14.8. The van der Waals surface area contributed by atoms with E-state index in [4.69, 9.17) is 11.6 Å². The Kier molecular flexibility index (Phi) is 5.72. The average molecular weight is 405 g/mol. The fourth-order valence-corrected chi connectivity index (χ4v) is 2.68. The van der Waals surface area contributed by atoms with Crippen LogP contribution in [0.5, 0.6) is 0 Å². The molecule has 1 amide bonds. The van der Waals surface area contributed by atoms with Gasteiger partial charge in [0.05, 0.1) is 22.5 Å². The Morgan fingerprint density at radius 2 is 1.92 bits per heavy atom. The summed E-state index contributed by atoms with van der Waals surface area (Å²) in [5.41, 5.74) is -0.621. The van der Waals surface area contributed by atoms with Gasteiger partial charge in [-0.15, -0.1) is 0 Å². The van der Waals surface area contributed by atoms with Crippen molar-refractivity contribution in [1.82, 2.24) is 4.98 Å². The third-order valence-corrected chi connectivity index (χ3v) is 4.44. The molecule has 5 nitrogen and oxygen atoms in total. The SMILES string of the molecule is CS(=O)(=O)c1ccc(NC(=O)C=Cc2ccc(Cl)c(C(F)(F)F)c2)cn1.